The highest BCUT2D eigenvalue weighted by molar-refractivity contribution is 6.16. The summed E-state index contributed by atoms with van der Waals surface area (Å²) in [5.74, 6) is 0. The number of nitrogens with zero attached hydrogens (tertiary/aromatic N) is 2. The van der Waals surface area contributed by atoms with Gasteiger partial charge in [-0.3, -0.25) is 0 Å². The van der Waals surface area contributed by atoms with Gasteiger partial charge in [0.05, 0.1) is 11.0 Å². The predicted molar refractivity (Wildman–Crippen MR) is 256 cm³/mol. The number of hydrogen-bond donors (Lipinski definition) is 0. The first kappa shape index (κ1) is 34.1. The summed E-state index contributed by atoms with van der Waals surface area (Å²) in [6.45, 7) is 0. The first-order chi connectivity index (χ1) is 29.8. The molecule has 0 spiro atoms. The van der Waals surface area contributed by atoms with Gasteiger partial charge in [-0.2, -0.15) is 0 Å². The topological polar surface area (TPSA) is 8.17 Å². The number of hydrogen-bond acceptors (Lipinski definition) is 1. The van der Waals surface area contributed by atoms with Gasteiger partial charge < -0.3 is 9.47 Å². The molecule has 0 bridgehead atoms. The summed E-state index contributed by atoms with van der Waals surface area (Å²) < 4.78 is 2.39. The van der Waals surface area contributed by atoms with Crippen LogP contribution in [0.1, 0.15) is 0 Å². The van der Waals surface area contributed by atoms with E-state index in [1.165, 1.54) is 87.1 Å². The van der Waals surface area contributed by atoms with Gasteiger partial charge in [0, 0.05) is 33.5 Å². The summed E-state index contributed by atoms with van der Waals surface area (Å²) in [6, 6.07) is 84.2. The molecule has 12 aromatic rings. The van der Waals surface area contributed by atoms with Crippen LogP contribution < -0.4 is 4.90 Å². The minimum Gasteiger partial charge on any atom is -0.310 e. The van der Waals surface area contributed by atoms with Crippen LogP contribution in [0, 0.1) is 0 Å². The van der Waals surface area contributed by atoms with E-state index in [1.807, 2.05) is 0 Å². The van der Waals surface area contributed by atoms with Crippen LogP contribution >= 0.6 is 0 Å². The molecule has 0 atom stereocenters. The van der Waals surface area contributed by atoms with Gasteiger partial charge >= 0.3 is 0 Å². The van der Waals surface area contributed by atoms with Crippen LogP contribution in [0.3, 0.4) is 0 Å². The molecular formula is C58H38N2. The Morgan fingerprint density at radius 3 is 1.52 bits per heavy atom. The van der Waals surface area contributed by atoms with Crippen molar-refractivity contribution in [2.24, 2.45) is 0 Å². The van der Waals surface area contributed by atoms with Crippen molar-refractivity contribution in [2.45, 2.75) is 0 Å². The molecule has 0 unspecified atom stereocenters. The van der Waals surface area contributed by atoms with Crippen molar-refractivity contribution in [3.8, 4) is 27.9 Å². The number of anilines is 3. The van der Waals surface area contributed by atoms with E-state index in [4.69, 9.17) is 0 Å². The molecule has 0 amide bonds. The maximum atomic E-state index is 2.40. The summed E-state index contributed by atoms with van der Waals surface area (Å²) in [6.07, 6.45) is 0. The van der Waals surface area contributed by atoms with Crippen molar-refractivity contribution in [2.75, 3.05) is 4.90 Å². The number of rotatable bonds is 6. The predicted octanol–water partition coefficient (Wildman–Crippen LogP) is 16.2. The molecule has 0 saturated heterocycles. The Balaban J connectivity index is 0.999. The summed E-state index contributed by atoms with van der Waals surface area (Å²) >= 11 is 0. The van der Waals surface area contributed by atoms with Crippen LogP contribution in [-0.2, 0) is 0 Å². The van der Waals surface area contributed by atoms with E-state index < -0.39 is 0 Å². The Morgan fingerprint density at radius 2 is 0.783 bits per heavy atom. The molecule has 60 heavy (non-hydrogen) atoms. The van der Waals surface area contributed by atoms with Gasteiger partial charge in [0.25, 0.3) is 0 Å². The number of para-hydroxylation sites is 2. The average molecular weight is 763 g/mol. The zero-order valence-electron chi connectivity index (χ0n) is 32.8. The van der Waals surface area contributed by atoms with E-state index in [0.29, 0.717) is 0 Å². The molecule has 0 fully saturated rings. The third-order valence-corrected chi connectivity index (χ3v) is 12.4. The molecule has 0 radical (unpaired) electrons. The fourth-order valence-electron chi connectivity index (χ4n) is 9.56. The maximum absolute atomic E-state index is 2.40. The molecular weight excluding hydrogens is 725 g/mol. The Kier molecular flexibility index (Phi) is 7.89. The first-order valence-corrected chi connectivity index (χ1v) is 20.7. The zero-order chi connectivity index (χ0) is 39.6. The van der Waals surface area contributed by atoms with E-state index in [9.17, 15) is 0 Å². The molecule has 2 nitrogen and oxygen atoms in total. The first-order valence-electron chi connectivity index (χ1n) is 20.7. The van der Waals surface area contributed by atoms with E-state index in [1.54, 1.807) is 0 Å². The van der Waals surface area contributed by atoms with Crippen LogP contribution in [0.15, 0.2) is 231 Å². The van der Waals surface area contributed by atoms with E-state index in [-0.39, 0.29) is 0 Å². The fourth-order valence-corrected chi connectivity index (χ4v) is 9.56. The van der Waals surface area contributed by atoms with Crippen LogP contribution in [-0.4, -0.2) is 4.57 Å². The molecule has 1 heterocycles. The Morgan fingerprint density at radius 1 is 0.283 bits per heavy atom. The smallest absolute Gasteiger partial charge is 0.0547 e. The van der Waals surface area contributed by atoms with Crippen LogP contribution in [0.5, 0.6) is 0 Å². The van der Waals surface area contributed by atoms with E-state index in [0.717, 1.165) is 22.7 Å². The summed E-state index contributed by atoms with van der Waals surface area (Å²) in [5.41, 5.74) is 11.7. The second-order valence-corrected chi connectivity index (χ2v) is 15.7. The molecule has 1 aromatic heterocycles. The summed E-state index contributed by atoms with van der Waals surface area (Å²) in [7, 11) is 0. The van der Waals surface area contributed by atoms with Gasteiger partial charge in [-0.05, 0) is 126 Å². The number of aromatic nitrogens is 1. The van der Waals surface area contributed by atoms with Crippen LogP contribution in [0.2, 0.25) is 0 Å². The highest BCUT2D eigenvalue weighted by Crippen LogP contribution is 2.42. The fraction of sp³-hybridized carbons (Fsp3) is 0. The van der Waals surface area contributed by atoms with Gasteiger partial charge in [0.2, 0.25) is 0 Å². The monoisotopic (exact) mass is 762 g/mol. The van der Waals surface area contributed by atoms with Crippen molar-refractivity contribution in [3.63, 3.8) is 0 Å². The van der Waals surface area contributed by atoms with Gasteiger partial charge in [-0.15, -0.1) is 0 Å². The van der Waals surface area contributed by atoms with Crippen molar-refractivity contribution in [1.29, 1.82) is 0 Å². The van der Waals surface area contributed by atoms with Crippen LogP contribution in [0.4, 0.5) is 17.1 Å². The lowest BCUT2D eigenvalue weighted by atomic mass is 9.94. The molecule has 0 saturated carbocycles. The van der Waals surface area contributed by atoms with Gasteiger partial charge in [-0.1, -0.05) is 170 Å². The zero-order valence-corrected chi connectivity index (χ0v) is 32.8. The standard InChI is InChI=1S/C58H38N2/c1-2-14-44(15-3-1)60-56-22-9-8-18-54(56)58-51(20-11-23-57(58)60)42-28-34-46(35-29-42)59(47-36-30-43-25-24-39-12-5-7-17-50(39)55(43)38-47)45-32-26-41(27-33-45)49-19-10-21-52-48-16-6-4-13-40(48)31-37-53(49)52/h1-38H. The Hall–Kier alpha value is -7.94. The summed E-state index contributed by atoms with van der Waals surface area (Å²) in [4.78, 5) is 2.40. The van der Waals surface area contributed by atoms with Crippen molar-refractivity contribution in [1.82, 2.24) is 4.57 Å². The minimum absolute atomic E-state index is 1.10. The third-order valence-electron chi connectivity index (χ3n) is 12.4. The average Bonchev–Trinajstić information content (AvgIpc) is 3.67. The number of fused-ring (bicyclic) bond motifs is 9. The molecule has 2 heteroatoms. The largest absolute Gasteiger partial charge is 0.310 e. The SMILES string of the molecule is c1ccc(-n2c3ccccc3c3c(-c4ccc(N(c5ccc(-c6cccc7c6ccc6ccccc67)cc5)c5ccc6ccc7ccccc7c6c5)cc4)cccc32)cc1. The quantitative estimate of drug-likeness (QED) is 0.153. The molecule has 12 rings (SSSR count). The molecule has 0 N–H and O–H groups in total. The highest BCUT2D eigenvalue weighted by atomic mass is 15.1. The Labute approximate surface area is 348 Å². The van der Waals surface area contributed by atoms with Crippen molar-refractivity contribution in [3.05, 3.63) is 231 Å². The molecule has 280 valence electrons. The highest BCUT2D eigenvalue weighted by Gasteiger charge is 2.18. The normalized spacial score (nSPS) is 11.7. The third kappa shape index (κ3) is 5.50. The molecule has 11 aromatic carbocycles. The molecule has 0 aliphatic rings. The van der Waals surface area contributed by atoms with Gasteiger partial charge in [-0.25, -0.2) is 0 Å². The van der Waals surface area contributed by atoms with Gasteiger partial charge in [0.15, 0.2) is 0 Å². The Bertz CT molecular complexity index is 3580. The van der Waals surface area contributed by atoms with Crippen molar-refractivity contribution < 1.29 is 0 Å². The summed E-state index contributed by atoms with van der Waals surface area (Å²) in [5, 5.41) is 12.6. The van der Waals surface area contributed by atoms with Crippen LogP contribution in [0.25, 0.3) is 92.8 Å². The second kappa shape index (κ2) is 13.9. The maximum Gasteiger partial charge on any atom is 0.0547 e. The van der Waals surface area contributed by atoms with Crippen molar-refractivity contribution >= 4 is 82.0 Å². The molecule has 0 aliphatic heterocycles. The van der Waals surface area contributed by atoms with E-state index >= 15 is 0 Å². The number of benzene rings is 11. The van der Waals surface area contributed by atoms with Gasteiger partial charge in [0.1, 0.15) is 0 Å². The second-order valence-electron chi connectivity index (χ2n) is 15.7. The lowest BCUT2D eigenvalue weighted by Gasteiger charge is -2.26. The molecule has 0 aliphatic carbocycles. The lowest BCUT2D eigenvalue weighted by molar-refractivity contribution is 1.18. The lowest BCUT2D eigenvalue weighted by Crippen LogP contribution is -2.10. The van der Waals surface area contributed by atoms with E-state index in [2.05, 4.69) is 240 Å². The minimum atomic E-state index is 1.10.